The van der Waals surface area contributed by atoms with Crippen LogP contribution < -0.4 is 5.32 Å². The summed E-state index contributed by atoms with van der Waals surface area (Å²) in [5, 5.41) is 3.90. The van der Waals surface area contributed by atoms with Crippen molar-refractivity contribution >= 4 is 16.9 Å². The number of nitrogens with one attached hydrogen (secondary N) is 1. The lowest BCUT2D eigenvalue weighted by molar-refractivity contribution is 0.0679. The highest BCUT2D eigenvalue weighted by Crippen LogP contribution is 2.21. The summed E-state index contributed by atoms with van der Waals surface area (Å²) < 4.78 is 18.6. The predicted molar refractivity (Wildman–Crippen MR) is 69.5 cm³/mol. The van der Waals surface area contributed by atoms with Crippen LogP contribution in [0.4, 0.5) is 4.39 Å². The van der Waals surface area contributed by atoms with E-state index in [1.165, 1.54) is 12.1 Å². The molecular weight excluding hydrogens is 247 g/mol. The molecule has 1 saturated heterocycles. The maximum Gasteiger partial charge on any atom is 0.289 e. The van der Waals surface area contributed by atoms with Crippen molar-refractivity contribution in [1.29, 1.82) is 0 Å². The van der Waals surface area contributed by atoms with Crippen molar-refractivity contribution in [3.63, 3.8) is 0 Å². The molecule has 0 bridgehead atoms. The van der Waals surface area contributed by atoms with Gasteiger partial charge in [-0.25, -0.2) is 4.39 Å². The van der Waals surface area contributed by atoms with Gasteiger partial charge < -0.3 is 14.6 Å². The van der Waals surface area contributed by atoms with Gasteiger partial charge in [0.25, 0.3) is 5.91 Å². The van der Waals surface area contributed by atoms with Crippen LogP contribution >= 0.6 is 0 Å². The number of carbonyl (C=O) groups is 1. The van der Waals surface area contributed by atoms with Crippen molar-refractivity contribution in [2.75, 3.05) is 19.6 Å². The third-order valence-electron chi connectivity index (χ3n) is 3.35. The molecule has 2 aromatic rings. The van der Waals surface area contributed by atoms with Gasteiger partial charge in [-0.3, -0.25) is 4.79 Å². The first-order chi connectivity index (χ1) is 9.13. The molecule has 1 aliphatic heterocycles. The molecule has 1 aromatic carbocycles. The van der Waals surface area contributed by atoms with Crippen molar-refractivity contribution in [2.45, 2.75) is 13.0 Å². The Kier molecular flexibility index (Phi) is 2.98. The molecule has 1 N–H and O–H groups in total. The molecule has 4 nitrogen and oxygen atoms in total. The lowest BCUT2D eigenvalue weighted by Gasteiger charge is -2.31. The Hall–Kier alpha value is -1.88. The van der Waals surface area contributed by atoms with Crippen molar-refractivity contribution in [2.24, 2.45) is 0 Å². The van der Waals surface area contributed by atoms with E-state index in [0.29, 0.717) is 24.1 Å². The standard InChI is InChI=1S/C14H15FN2O2/c1-9-8-17(5-4-16-9)14(18)13-7-10-6-11(15)2-3-12(10)19-13/h2-3,6-7,9,16H,4-5,8H2,1H3/t9-/m1/s1. The fraction of sp³-hybridized carbons (Fsp3) is 0.357. The highest BCUT2D eigenvalue weighted by molar-refractivity contribution is 5.96. The Labute approximate surface area is 110 Å². The molecule has 19 heavy (non-hydrogen) atoms. The van der Waals surface area contributed by atoms with Crippen molar-refractivity contribution in [3.8, 4) is 0 Å². The molecule has 0 saturated carbocycles. The van der Waals surface area contributed by atoms with Gasteiger partial charge in [0.15, 0.2) is 5.76 Å². The lowest BCUT2D eigenvalue weighted by atomic mass is 10.2. The number of benzene rings is 1. The summed E-state index contributed by atoms with van der Waals surface area (Å²) in [6, 6.07) is 6.12. The summed E-state index contributed by atoms with van der Waals surface area (Å²) in [6.07, 6.45) is 0. The maximum atomic E-state index is 13.1. The van der Waals surface area contributed by atoms with E-state index in [9.17, 15) is 9.18 Å². The largest absolute Gasteiger partial charge is 0.451 e. The zero-order valence-corrected chi connectivity index (χ0v) is 10.6. The SMILES string of the molecule is C[C@@H]1CN(C(=O)c2cc3cc(F)ccc3o2)CCN1. The second-order valence-corrected chi connectivity index (χ2v) is 4.90. The van der Waals surface area contributed by atoms with E-state index in [0.717, 1.165) is 6.54 Å². The van der Waals surface area contributed by atoms with Gasteiger partial charge in [-0.05, 0) is 31.2 Å². The molecule has 3 rings (SSSR count). The second-order valence-electron chi connectivity index (χ2n) is 4.90. The Morgan fingerprint density at radius 1 is 1.47 bits per heavy atom. The maximum absolute atomic E-state index is 13.1. The molecule has 0 aliphatic carbocycles. The van der Waals surface area contributed by atoms with Crippen LogP contribution in [0.5, 0.6) is 0 Å². The molecule has 5 heteroatoms. The Morgan fingerprint density at radius 3 is 3.11 bits per heavy atom. The molecule has 0 spiro atoms. The molecule has 1 fully saturated rings. The van der Waals surface area contributed by atoms with Crippen molar-refractivity contribution in [1.82, 2.24) is 10.2 Å². The molecule has 1 amide bonds. The number of rotatable bonds is 1. The van der Waals surface area contributed by atoms with Gasteiger partial charge in [0.1, 0.15) is 11.4 Å². The van der Waals surface area contributed by atoms with E-state index in [-0.39, 0.29) is 23.5 Å². The van der Waals surface area contributed by atoms with Gasteiger partial charge in [-0.1, -0.05) is 0 Å². The van der Waals surface area contributed by atoms with Gasteiger partial charge in [-0.15, -0.1) is 0 Å². The number of furan rings is 1. The molecule has 1 atom stereocenters. The van der Waals surface area contributed by atoms with E-state index in [1.54, 1.807) is 17.0 Å². The number of amides is 1. The highest BCUT2D eigenvalue weighted by atomic mass is 19.1. The Morgan fingerprint density at radius 2 is 2.32 bits per heavy atom. The van der Waals surface area contributed by atoms with E-state index in [4.69, 9.17) is 4.42 Å². The van der Waals surface area contributed by atoms with Crippen LogP contribution in [0.2, 0.25) is 0 Å². The van der Waals surface area contributed by atoms with Crippen LogP contribution in [-0.2, 0) is 0 Å². The molecular formula is C14H15FN2O2. The molecule has 1 aliphatic rings. The van der Waals surface area contributed by atoms with Crippen molar-refractivity contribution < 1.29 is 13.6 Å². The predicted octanol–water partition coefficient (Wildman–Crippen LogP) is 2.01. The topological polar surface area (TPSA) is 45.5 Å². The average molecular weight is 262 g/mol. The molecule has 0 unspecified atom stereocenters. The Balaban J connectivity index is 1.88. The zero-order valence-electron chi connectivity index (χ0n) is 10.6. The van der Waals surface area contributed by atoms with Gasteiger partial charge in [0.2, 0.25) is 0 Å². The minimum Gasteiger partial charge on any atom is -0.451 e. The molecule has 100 valence electrons. The second kappa shape index (κ2) is 4.66. The van der Waals surface area contributed by atoms with E-state index in [1.807, 2.05) is 6.92 Å². The Bertz CT molecular complexity index is 623. The van der Waals surface area contributed by atoms with E-state index in [2.05, 4.69) is 5.32 Å². The monoisotopic (exact) mass is 262 g/mol. The number of hydrogen-bond donors (Lipinski definition) is 1. The molecule has 0 radical (unpaired) electrons. The van der Waals surface area contributed by atoms with Gasteiger partial charge >= 0.3 is 0 Å². The quantitative estimate of drug-likeness (QED) is 0.855. The third kappa shape index (κ3) is 2.33. The van der Waals surface area contributed by atoms with Crippen LogP contribution in [0.15, 0.2) is 28.7 Å². The minimum absolute atomic E-state index is 0.134. The van der Waals surface area contributed by atoms with Crippen molar-refractivity contribution in [3.05, 3.63) is 35.8 Å². The fourth-order valence-corrected chi connectivity index (χ4v) is 2.39. The number of fused-ring (bicyclic) bond motifs is 1. The third-order valence-corrected chi connectivity index (χ3v) is 3.35. The number of carbonyl (C=O) groups excluding carboxylic acids is 1. The number of halogens is 1. The highest BCUT2D eigenvalue weighted by Gasteiger charge is 2.24. The summed E-state index contributed by atoms with van der Waals surface area (Å²) in [4.78, 5) is 14.1. The van der Waals surface area contributed by atoms with Crippen LogP contribution in [-0.4, -0.2) is 36.5 Å². The number of nitrogens with zero attached hydrogens (tertiary/aromatic N) is 1. The van der Waals surface area contributed by atoms with Crippen LogP contribution in [0.3, 0.4) is 0 Å². The minimum atomic E-state index is -0.330. The van der Waals surface area contributed by atoms with Gasteiger partial charge in [0, 0.05) is 31.1 Å². The smallest absolute Gasteiger partial charge is 0.289 e. The summed E-state index contributed by atoms with van der Waals surface area (Å²) in [5.74, 6) is -0.192. The number of piperazine rings is 1. The fourth-order valence-electron chi connectivity index (χ4n) is 2.39. The van der Waals surface area contributed by atoms with E-state index < -0.39 is 0 Å². The van der Waals surface area contributed by atoms with Crippen LogP contribution in [0.25, 0.3) is 11.0 Å². The van der Waals surface area contributed by atoms with Crippen LogP contribution in [0, 0.1) is 5.82 Å². The van der Waals surface area contributed by atoms with Gasteiger partial charge in [-0.2, -0.15) is 0 Å². The normalized spacial score (nSPS) is 19.9. The summed E-state index contributed by atoms with van der Waals surface area (Å²) in [7, 11) is 0. The molecule has 1 aromatic heterocycles. The zero-order chi connectivity index (χ0) is 13.4. The average Bonchev–Trinajstić information content (AvgIpc) is 2.80. The first kappa shape index (κ1) is 12.2. The van der Waals surface area contributed by atoms with Crippen LogP contribution in [0.1, 0.15) is 17.5 Å². The van der Waals surface area contributed by atoms with Gasteiger partial charge in [0.05, 0.1) is 0 Å². The first-order valence-electron chi connectivity index (χ1n) is 6.35. The van der Waals surface area contributed by atoms with E-state index >= 15 is 0 Å². The summed E-state index contributed by atoms with van der Waals surface area (Å²) >= 11 is 0. The molecule has 2 heterocycles. The lowest BCUT2D eigenvalue weighted by Crippen LogP contribution is -2.51. The summed E-state index contributed by atoms with van der Waals surface area (Å²) in [6.45, 7) is 4.13. The first-order valence-corrected chi connectivity index (χ1v) is 6.35. The number of hydrogen-bond acceptors (Lipinski definition) is 3. The summed E-state index contributed by atoms with van der Waals surface area (Å²) in [5.41, 5.74) is 0.535.